The van der Waals surface area contributed by atoms with Crippen molar-refractivity contribution in [3.05, 3.63) is 122 Å². The molecule has 2 amide bonds. The molecule has 1 heterocycles. The van der Waals surface area contributed by atoms with Gasteiger partial charge in [-0.2, -0.15) is 0 Å². The average Bonchev–Trinajstić information content (AvgIpc) is 3.06. The topological polar surface area (TPSA) is 105 Å². The molecule has 5 rings (SSSR count). The van der Waals surface area contributed by atoms with Crippen molar-refractivity contribution in [1.82, 2.24) is 4.90 Å². The number of imide groups is 1. The van der Waals surface area contributed by atoms with E-state index in [1.165, 1.54) is 14.0 Å². The Hall–Kier alpha value is -5.09. The van der Waals surface area contributed by atoms with Crippen molar-refractivity contribution in [2.45, 2.75) is 53.1 Å². The predicted octanol–water partition coefficient (Wildman–Crippen LogP) is 8.67. The summed E-state index contributed by atoms with van der Waals surface area (Å²) in [6.45, 7) is 6.77. The first-order valence-electron chi connectivity index (χ1n) is 15.3. The lowest BCUT2D eigenvalue weighted by Crippen LogP contribution is -2.39. The van der Waals surface area contributed by atoms with Crippen LogP contribution in [-0.4, -0.2) is 29.6 Å². The lowest BCUT2D eigenvalue weighted by atomic mass is 10.1. The summed E-state index contributed by atoms with van der Waals surface area (Å²) < 4.78 is 30.2. The number of fused-ring (bicyclic) bond motifs is 1. The molecule has 9 nitrogen and oxygen atoms in total. The van der Waals surface area contributed by atoms with Crippen LogP contribution < -0.4 is 19.6 Å². The Morgan fingerprint density at radius 3 is 2.02 bits per heavy atom. The van der Waals surface area contributed by atoms with E-state index in [1.54, 1.807) is 51.1 Å². The van der Waals surface area contributed by atoms with Crippen LogP contribution in [0.3, 0.4) is 0 Å². The first-order valence-corrected chi connectivity index (χ1v) is 16.0. The Kier molecular flexibility index (Phi) is 10.5. The number of halogens is 1. The minimum atomic E-state index is -0.799. The molecule has 0 unspecified atom stereocenters. The number of carbonyl (C=O) groups excluding carboxylic acids is 2. The highest BCUT2D eigenvalue weighted by Gasteiger charge is 2.27. The largest absolute Gasteiger partial charge is 0.493 e. The fraction of sp³-hybridized carbons (Fsp3) is 0.237. The number of nitrogens with zero attached hydrogens (tertiary/aromatic N) is 1. The summed E-state index contributed by atoms with van der Waals surface area (Å²) in [5.74, 6) is 0.654. The standard InChI is InChI=1S/C38H36BrNO8/c1-24(41)40(37(43)48-38(2,3)4)21-27-18-29-33(42)36(46-23-26-14-10-7-11-15-26)34(47-35(29)30(39)19-27)28-16-17-31(32(20-28)44-5)45-22-25-12-8-6-9-13-25/h6-20H,21-23H2,1-5H3. The van der Waals surface area contributed by atoms with Gasteiger partial charge in [0.25, 0.3) is 0 Å². The van der Waals surface area contributed by atoms with Crippen LogP contribution in [0.25, 0.3) is 22.3 Å². The molecule has 0 saturated carbocycles. The SMILES string of the molecule is COc1cc(-c2oc3c(Br)cc(CN(C(C)=O)C(=O)OC(C)(C)C)cc3c(=O)c2OCc2ccccc2)ccc1OCc1ccccc1. The smallest absolute Gasteiger partial charge is 0.417 e. The van der Waals surface area contributed by atoms with E-state index in [9.17, 15) is 14.4 Å². The monoisotopic (exact) mass is 713 g/mol. The zero-order valence-corrected chi connectivity index (χ0v) is 29.0. The molecule has 0 aliphatic carbocycles. The van der Waals surface area contributed by atoms with Gasteiger partial charge in [-0.3, -0.25) is 9.59 Å². The molecule has 0 atom stereocenters. The predicted molar refractivity (Wildman–Crippen MR) is 186 cm³/mol. The van der Waals surface area contributed by atoms with E-state index in [2.05, 4.69) is 15.9 Å². The maximum atomic E-state index is 14.2. The molecule has 0 aliphatic rings. The second-order valence-corrected chi connectivity index (χ2v) is 12.9. The van der Waals surface area contributed by atoms with Gasteiger partial charge in [0.15, 0.2) is 22.8 Å². The van der Waals surface area contributed by atoms with Gasteiger partial charge in [0.2, 0.25) is 17.1 Å². The molecule has 10 heteroatoms. The molecule has 248 valence electrons. The van der Waals surface area contributed by atoms with Crippen molar-refractivity contribution in [2.75, 3.05) is 7.11 Å². The third-order valence-electron chi connectivity index (χ3n) is 7.19. The van der Waals surface area contributed by atoms with Crippen molar-refractivity contribution in [3.63, 3.8) is 0 Å². The third-order valence-corrected chi connectivity index (χ3v) is 7.78. The van der Waals surface area contributed by atoms with Crippen LogP contribution in [0.2, 0.25) is 0 Å². The van der Waals surface area contributed by atoms with Gasteiger partial charge >= 0.3 is 6.09 Å². The van der Waals surface area contributed by atoms with Gasteiger partial charge in [-0.1, -0.05) is 60.7 Å². The molecule has 0 radical (unpaired) electrons. The van der Waals surface area contributed by atoms with Crippen molar-refractivity contribution >= 4 is 38.9 Å². The summed E-state index contributed by atoms with van der Waals surface area (Å²) in [6.07, 6.45) is -0.786. The number of ether oxygens (including phenoxy) is 4. The first-order chi connectivity index (χ1) is 22.9. The Balaban J connectivity index is 1.57. The maximum Gasteiger partial charge on any atom is 0.417 e. The zero-order chi connectivity index (χ0) is 34.4. The Morgan fingerprint density at radius 1 is 0.812 bits per heavy atom. The van der Waals surface area contributed by atoms with Crippen LogP contribution >= 0.6 is 15.9 Å². The molecule has 0 saturated heterocycles. The van der Waals surface area contributed by atoms with Gasteiger partial charge in [0, 0.05) is 12.5 Å². The highest BCUT2D eigenvalue weighted by Crippen LogP contribution is 2.39. The van der Waals surface area contributed by atoms with Crippen molar-refractivity contribution in [1.29, 1.82) is 0 Å². The number of hydrogen-bond acceptors (Lipinski definition) is 8. The van der Waals surface area contributed by atoms with E-state index < -0.39 is 23.0 Å². The van der Waals surface area contributed by atoms with Gasteiger partial charge in [0.1, 0.15) is 18.8 Å². The van der Waals surface area contributed by atoms with Crippen molar-refractivity contribution < 1.29 is 33.0 Å². The summed E-state index contributed by atoms with van der Waals surface area (Å²) in [4.78, 5) is 40.5. The Morgan fingerprint density at radius 2 is 1.44 bits per heavy atom. The summed E-state index contributed by atoms with van der Waals surface area (Å²) >= 11 is 3.55. The van der Waals surface area contributed by atoms with Crippen molar-refractivity contribution in [2.24, 2.45) is 0 Å². The minimum absolute atomic E-state index is 0.00836. The molecule has 0 N–H and O–H groups in total. The molecular weight excluding hydrogens is 678 g/mol. The zero-order valence-electron chi connectivity index (χ0n) is 27.4. The van der Waals surface area contributed by atoms with Crippen LogP contribution in [0.4, 0.5) is 4.79 Å². The number of hydrogen-bond donors (Lipinski definition) is 0. The molecule has 0 bridgehead atoms. The average molecular weight is 715 g/mol. The highest BCUT2D eigenvalue weighted by molar-refractivity contribution is 9.10. The summed E-state index contributed by atoms with van der Waals surface area (Å²) in [5.41, 5.74) is 1.93. The minimum Gasteiger partial charge on any atom is -0.493 e. The number of rotatable bonds is 10. The van der Waals surface area contributed by atoms with E-state index in [0.29, 0.717) is 33.7 Å². The number of carbonyl (C=O) groups is 2. The molecule has 5 aromatic rings. The third kappa shape index (κ3) is 8.24. The van der Waals surface area contributed by atoms with Gasteiger partial charge in [0.05, 0.1) is 23.5 Å². The second kappa shape index (κ2) is 14.8. The lowest BCUT2D eigenvalue weighted by molar-refractivity contribution is -0.128. The van der Waals surface area contributed by atoms with Gasteiger partial charge in [-0.15, -0.1) is 0 Å². The fourth-order valence-corrected chi connectivity index (χ4v) is 5.49. The number of amides is 2. The second-order valence-electron chi connectivity index (χ2n) is 12.0. The van der Waals surface area contributed by atoms with Crippen molar-refractivity contribution in [3.8, 4) is 28.6 Å². The molecule has 48 heavy (non-hydrogen) atoms. The van der Waals surface area contributed by atoms with Crippen LogP contribution in [0.1, 0.15) is 44.4 Å². The van der Waals surface area contributed by atoms with E-state index in [-0.39, 0.29) is 35.6 Å². The van der Waals surface area contributed by atoms with Crippen LogP contribution in [0, 0.1) is 0 Å². The van der Waals surface area contributed by atoms with E-state index >= 15 is 0 Å². The Bertz CT molecular complexity index is 1980. The molecule has 0 fully saturated rings. The van der Waals surface area contributed by atoms with E-state index in [0.717, 1.165) is 16.0 Å². The molecular formula is C38H36BrNO8. The van der Waals surface area contributed by atoms with Gasteiger partial charge in [-0.25, -0.2) is 9.69 Å². The summed E-state index contributed by atoms with van der Waals surface area (Å²) in [7, 11) is 1.54. The lowest BCUT2D eigenvalue weighted by Gasteiger charge is -2.25. The molecule has 1 aromatic heterocycles. The van der Waals surface area contributed by atoms with Crippen LogP contribution in [-0.2, 0) is 29.3 Å². The molecule has 0 aliphatic heterocycles. The highest BCUT2D eigenvalue weighted by atomic mass is 79.9. The number of benzene rings is 4. The van der Waals surface area contributed by atoms with Crippen LogP contribution in [0.5, 0.6) is 17.2 Å². The summed E-state index contributed by atoms with van der Waals surface area (Å²) in [5, 5.41) is 0.202. The van der Waals surface area contributed by atoms with Gasteiger partial charge in [-0.05, 0) is 83.7 Å². The maximum absolute atomic E-state index is 14.2. The Labute approximate surface area is 287 Å². The normalized spacial score (nSPS) is 11.2. The van der Waals surface area contributed by atoms with E-state index in [1.807, 2.05) is 60.7 Å². The molecule has 4 aromatic carbocycles. The number of methoxy groups -OCH3 is 1. The quantitative estimate of drug-likeness (QED) is 0.142. The molecule has 0 spiro atoms. The van der Waals surface area contributed by atoms with Gasteiger partial charge < -0.3 is 23.4 Å². The summed E-state index contributed by atoms with van der Waals surface area (Å²) in [6, 6.07) is 27.8. The fourth-order valence-electron chi connectivity index (χ4n) is 4.91. The first kappa shape index (κ1) is 34.3. The van der Waals surface area contributed by atoms with E-state index in [4.69, 9.17) is 23.4 Å². The van der Waals surface area contributed by atoms with Crippen LogP contribution in [0.15, 0.2) is 105 Å².